The normalized spacial score (nSPS) is 21.4. The summed E-state index contributed by atoms with van der Waals surface area (Å²) in [7, 11) is 0. The Labute approximate surface area is 129 Å². The van der Waals surface area contributed by atoms with E-state index in [0.29, 0.717) is 12.1 Å². The maximum absolute atomic E-state index is 6.24. The van der Waals surface area contributed by atoms with E-state index in [1.54, 1.807) is 0 Å². The van der Waals surface area contributed by atoms with Crippen LogP contribution in [0.3, 0.4) is 0 Å². The van der Waals surface area contributed by atoms with Crippen LogP contribution in [-0.4, -0.2) is 30.1 Å². The number of halogens is 2. The average molecular weight is 346 g/mol. The Balaban J connectivity index is 1.98. The standard InChI is InChI=1S/C15H22BrClN2/c1-11(2)19-8-3-4-13(7-9-19)18-15-10-12(16)5-6-14(15)17/h5-6,10-11,13,18H,3-4,7-9H2,1-2H3. The van der Waals surface area contributed by atoms with Gasteiger partial charge >= 0.3 is 0 Å². The lowest BCUT2D eigenvalue weighted by Crippen LogP contribution is -2.32. The van der Waals surface area contributed by atoms with Crippen molar-refractivity contribution < 1.29 is 0 Å². The molecule has 2 rings (SSSR count). The maximum Gasteiger partial charge on any atom is 0.0638 e. The molecular formula is C15H22BrClN2. The number of benzene rings is 1. The van der Waals surface area contributed by atoms with Crippen LogP contribution < -0.4 is 5.32 Å². The van der Waals surface area contributed by atoms with Gasteiger partial charge in [-0.3, -0.25) is 0 Å². The quantitative estimate of drug-likeness (QED) is 0.848. The molecule has 0 radical (unpaired) electrons. The molecule has 0 amide bonds. The second-order valence-corrected chi connectivity index (χ2v) is 6.85. The third kappa shape index (κ3) is 4.37. The van der Waals surface area contributed by atoms with Gasteiger partial charge < -0.3 is 10.2 Å². The Hall–Kier alpha value is -0.250. The number of hydrogen-bond acceptors (Lipinski definition) is 2. The van der Waals surface area contributed by atoms with Crippen molar-refractivity contribution in [2.75, 3.05) is 18.4 Å². The predicted octanol–water partition coefficient (Wildman–Crippen LogP) is 4.78. The summed E-state index contributed by atoms with van der Waals surface area (Å²) >= 11 is 9.74. The van der Waals surface area contributed by atoms with Gasteiger partial charge in [0, 0.05) is 23.1 Å². The highest BCUT2D eigenvalue weighted by Gasteiger charge is 2.19. The zero-order valence-corrected chi connectivity index (χ0v) is 14.0. The molecule has 0 aromatic heterocycles. The lowest BCUT2D eigenvalue weighted by Gasteiger charge is -2.24. The number of likely N-dealkylation sites (tertiary alicyclic amines) is 1. The van der Waals surface area contributed by atoms with Crippen LogP contribution in [0.15, 0.2) is 22.7 Å². The summed E-state index contributed by atoms with van der Waals surface area (Å²) in [5.41, 5.74) is 1.04. The molecule has 0 bridgehead atoms. The Morgan fingerprint density at radius 1 is 1.32 bits per heavy atom. The molecule has 1 unspecified atom stereocenters. The number of rotatable bonds is 3. The average Bonchev–Trinajstić information content (AvgIpc) is 2.59. The minimum absolute atomic E-state index is 0.524. The van der Waals surface area contributed by atoms with Gasteiger partial charge in [-0.2, -0.15) is 0 Å². The molecule has 0 aliphatic carbocycles. The van der Waals surface area contributed by atoms with Crippen molar-refractivity contribution in [3.63, 3.8) is 0 Å². The minimum atomic E-state index is 0.524. The van der Waals surface area contributed by atoms with E-state index in [9.17, 15) is 0 Å². The van der Waals surface area contributed by atoms with Gasteiger partial charge in [-0.15, -0.1) is 0 Å². The molecule has 0 spiro atoms. The largest absolute Gasteiger partial charge is 0.381 e. The fourth-order valence-electron chi connectivity index (χ4n) is 2.61. The Morgan fingerprint density at radius 2 is 2.11 bits per heavy atom. The summed E-state index contributed by atoms with van der Waals surface area (Å²) in [6.45, 7) is 6.93. The lowest BCUT2D eigenvalue weighted by atomic mass is 10.1. The van der Waals surface area contributed by atoms with Gasteiger partial charge in [-0.25, -0.2) is 0 Å². The third-order valence-corrected chi connectivity index (χ3v) is 4.60. The molecule has 19 heavy (non-hydrogen) atoms. The summed E-state index contributed by atoms with van der Waals surface area (Å²) in [5, 5.41) is 4.40. The van der Waals surface area contributed by atoms with Crippen LogP contribution in [0.4, 0.5) is 5.69 Å². The predicted molar refractivity (Wildman–Crippen MR) is 87.1 cm³/mol. The van der Waals surface area contributed by atoms with Crippen LogP contribution in [-0.2, 0) is 0 Å². The molecule has 1 N–H and O–H groups in total. The van der Waals surface area contributed by atoms with Crippen LogP contribution >= 0.6 is 27.5 Å². The Kier molecular flexibility index (Phi) is 5.55. The van der Waals surface area contributed by atoms with E-state index in [1.807, 2.05) is 12.1 Å². The maximum atomic E-state index is 6.24. The van der Waals surface area contributed by atoms with Crippen molar-refractivity contribution in [3.05, 3.63) is 27.7 Å². The number of hydrogen-bond donors (Lipinski definition) is 1. The van der Waals surface area contributed by atoms with E-state index in [2.05, 4.69) is 46.1 Å². The molecule has 1 aliphatic rings. The van der Waals surface area contributed by atoms with Crippen molar-refractivity contribution >= 4 is 33.2 Å². The Bertz CT molecular complexity index is 423. The molecule has 1 aromatic rings. The molecule has 1 atom stereocenters. The molecule has 2 nitrogen and oxygen atoms in total. The lowest BCUT2D eigenvalue weighted by molar-refractivity contribution is 0.230. The summed E-state index contributed by atoms with van der Waals surface area (Å²) in [4.78, 5) is 2.56. The molecule has 1 fully saturated rings. The van der Waals surface area contributed by atoms with E-state index >= 15 is 0 Å². The smallest absolute Gasteiger partial charge is 0.0638 e. The van der Waals surface area contributed by atoms with Crippen molar-refractivity contribution in [2.45, 2.75) is 45.2 Å². The summed E-state index contributed by atoms with van der Waals surface area (Å²) in [6.07, 6.45) is 3.65. The van der Waals surface area contributed by atoms with Crippen molar-refractivity contribution in [2.24, 2.45) is 0 Å². The fraction of sp³-hybridized carbons (Fsp3) is 0.600. The van der Waals surface area contributed by atoms with E-state index in [-0.39, 0.29) is 0 Å². The molecule has 106 valence electrons. The zero-order chi connectivity index (χ0) is 13.8. The van der Waals surface area contributed by atoms with Gasteiger partial charge in [0.1, 0.15) is 0 Å². The topological polar surface area (TPSA) is 15.3 Å². The van der Waals surface area contributed by atoms with Gasteiger partial charge in [0.2, 0.25) is 0 Å². The fourth-order valence-corrected chi connectivity index (χ4v) is 3.14. The first-order valence-corrected chi connectivity index (χ1v) is 8.19. The SMILES string of the molecule is CC(C)N1CCCC(Nc2cc(Br)ccc2Cl)CC1. The van der Waals surface area contributed by atoms with Crippen LogP contribution in [0.25, 0.3) is 0 Å². The first kappa shape index (κ1) is 15.1. The molecule has 4 heteroatoms. The Morgan fingerprint density at radius 3 is 2.84 bits per heavy atom. The highest BCUT2D eigenvalue weighted by atomic mass is 79.9. The van der Waals surface area contributed by atoms with Crippen molar-refractivity contribution in [3.8, 4) is 0 Å². The number of nitrogens with zero attached hydrogens (tertiary/aromatic N) is 1. The second kappa shape index (κ2) is 6.96. The number of anilines is 1. The van der Waals surface area contributed by atoms with Crippen molar-refractivity contribution in [1.82, 2.24) is 4.90 Å². The van der Waals surface area contributed by atoms with Crippen LogP contribution in [0.2, 0.25) is 5.02 Å². The van der Waals surface area contributed by atoms with E-state index in [1.165, 1.54) is 32.4 Å². The van der Waals surface area contributed by atoms with Gasteiger partial charge in [-0.05, 0) is 57.9 Å². The van der Waals surface area contributed by atoms with Crippen LogP contribution in [0.1, 0.15) is 33.1 Å². The number of nitrogens with one attached hydrogen (secondary N) is 1. The third-order valence-electron chi connectivity index (χ3n) is 3.78. The van der Waals surface area contributed by atoms with E-state index in [0.717, 1.165) is 15.2 Å². The van der Waals surface area contributed by atoms with Gasteiger partial charge in [0.25, 0.3) is 0 Å². The highest BCUT2D eigenvalue weighted by Crippen LogP contribution is 2.28. The minimum Gasteiger partial charge on any atom is -0.381 e. The molecule has 0 saturated carbocycles. The molecule has 1 aliphatic heterocycles. The highest BCUT2D eigenvalue weighted by molar-refractivity contribution is 9.10. The summed E-state index contributed by atoms with van der Waals surface area (Å²) in [6, 6.07) is 7.14. The van der Waals surface area contributed by atoms with E-state index in [4.69, 9.17) is 11.6 Å². The summed E-state index contributed by atoms with van der Waals surface area (Å²) in [5.74, 6) is 0. The monoisotopic (exact) mass is 344 g/mol. The molecule has 1 heterocycles. The molecular weight excluding hydrogens is 324 g/mol. The van der Waals surface area contributed by atoms with Crippen LogP contribution in [0, 0.1) is 0 Å². The van der Waals surface area contributed by atoms with Gasteiger partial charge in [0.15, 0.2) is 0 Å². The zero-order valence-electron chi connectivity index (χ0n) is 11.6. The first-order valence-electron chi connectivity index (χ1n) is 7.02. The second-order valence-electron chi connectivity index (χ2n) is 5.53. The van der Waals surface area contributed by atoms with Gasteiger partial charge in [0.05, 0.1) is 10.7 Å². The van der Waals surface area contributed by atoms with Crippen LogP contribution in [0.5, 0.6) is 0 Å². The van der Waals surface area contributed by atoms with Gasteiger partial charge in [-0.1, -0.05) is 27.5 Å². The summed E-state index contributed by atoms with van der Waals surface area (Å²) < 4.78 is 1.07. The molecule has 1 saturated heterocycles. The first-order chi connectivity index (χ1) is 9.06. The van der Waals surface area contributed by atoms with Crippen molar-refractivity contribution in [1.29, 1.82) is 0 Å². The van der Waals surface area contributed by atoms with E-state index < -0.39 is 0 Å². The molecule has 1 aromatic carbocycles.